The molecule has 0 radical (unpaired) electrons. The first-order valence-electron chi connectivity index (χ1n) is 6.87. The average Bonchev–Trinajstić information content (AvgIpc) is 2.41. The minimum atomic E-state index is -1.03. The number of benzene rings is 1. The summed E-state index contributed by atoms with van der Waals surface area (Å²) in [7, 11) is 0.580. The Labute approximate surface area is 118 Å². The van der Waals surface area contributed by atoms with Gasteiger partial charge in [0.1, 0.15) is 5.75 Å². The number of nitrogens with two attached hydrogens (primary N) is 1. The third kappa shape index (κ3) is 3.11. The lowest BCUT2D eigenvalue weighted by molar-refractivity contribution is 0.281. The fraction of sp³-hybridized carbons (Fsp3) is 0.600. The predicted molar refractivity (Wildman–Crippen MR) is 79.8 cm³/mol. The van der Waals surface area contributed by atoms with Gasteiger partial charge in [-0.25, -0.2) is 0 Å². The number of ether oxygens (including phenoxy) is 1. The number of nitrogen functional groups attached to an aromatic ring is 1. The summed E-state index contributed by atoms with van der Waals surface area (Å²) in [4.78, 5) is 0.728. The van der Waals surface area contributed by atoms with Gasteiger partial charge in [0.25, 0.3) is 0 Å². The molecule has 2 rings (SSSR count). The van der Waals surface area contributed by atoms with Crippen molar-refractivity contribution in [2.45, 2.75) is 43.3 Å². The largest absolute Gasteiger partial charge is 0.497 e. The minimum absolute atomic E-state index is 0.223. The van der Waals surface area contributed by atoms with Crippen LogP contribution >= 0.6 is 0 Å². The van der Waals surface area contributed by atoms with Crippen LogP contribution < -0.4 is 10.5 Å². The fourth-order valence-electron chi connectivity index (χ4n) is 2.69. The van der Waals surface area contributed by atoms with Gasteiger partial charge in [-0.2, -0.15) is 0 Å². The Kier molecular flexibility index (Phi) is 4.50. The van der Waals surface area contributed by atoms with Crippen molar-refractivity contribution < 1.29 is 8.95 Å². The maximum Gasteiger partial charge on any atom is 0.120 e. The van der Waals surface area contributed by atoms with E-state index in [0.29, 0.717) is 11.6 Å². The van der Waals surface area contributed by atoms with Crippen molar-refractivity contribution in [2.75, 3.05) is 12.8 Å². The molecule has 1 fully saturated rings. The molecule has 1 aliphatic carbocycles. The average molecular weight is 281 g/mol. The Morgan fingerprint density at radius 1 is 1.26 bits per heavy atom. The van der Waals surface area contributed by atoms with Gasteiger partial charge in [0.2, 0.25) is 0 Å². The number of anilines is 1. The lowest BCUT2D eigenvalue weighted by Crippen LogP contribution is -2.28. The minimum Gasteiger partial charge on any atom is -0.497 e. The molecule has 19 heavy (non-hydrogen) atoms. The SMILES string of the molecule is COc1ccc(N)c(S(=O)C2CCC(C)C(C)C2)c1. The third-order valence-corrected chi connectivity index (χ3v) is 6.11. The van der Waals surface area contributed by atoms with Gasteiger partial charge in [-0.1, -0.05) is 13.8 Å². The maximum absolute atomic E-state index is 12.7. The highest BCUT2D eigenvalue weighted by molar-refractivity contribution is 7.85. The van der Waals surface area contributed by atoms with Crippen molar-refractivity contribution >= 4 is 16.5 Å². The monoisotopic (exact) mass is 281 g/mol. The van der Waals surface area contributed by atoms with E-state index < -0.39 is 10.8 Å². The van der Waals surface area contributed by atoms with Crippen LogP contribution in [0.1, 0.15) is 33.1 Å². The summed E-state index contributed by atoms with van der Waals surface area (Å²) in [5, 5.41) is 0.223. The van der Waals surface area contributed by atoms with E-state index in [9.17, 15) is 4.21 Å². The van der Waals surface area contributed by atoms with Crippen LogP contribution in [0.5, 0.6) is 5.75 Å². The zero-order chi connectivity index (χ0) is 14.0. The highest BCUT2D eigenvalue weighted by Gasteiger charge is 2.29. The van der Waals surface area contributed by atoms with Gasteiger partial charge in [-0.3, -0.25) is 4.21 Å². The third-order valence-electron chi connectivity index (χ3n) is 4.29. The van der Waals surface area contributed by atoms with E-state index in [1.807, 2.05) is 12.1 Å². The molecular formula is C15H23NO2S. The van der Waals surface area contributed by atoms with Crippen molar-refractivity contribution in [2.24, 2.45) is 11.8 Å². The topological polar surface area (TPSA) is 52.3 Å². The molecule has 0 spiro atoms. The number of rotatable bonds is 3. The molecule has 1 aromatic rings. The summed E-state index contributed by atoms with van der Waals surface area (Å²) in [6.07, 6.45) is 3.20. The summed E-state index contributed by atoms with van der Waals surface area (Å²) in [6, 6.07) is 5.40. The van der Waals surface area contributed by atoms with Crippen molar-refractivity contribution in [3.8, 4) is 5.75 Å². The van der Waals surface area contributed by atoms with E-state index in [4.69, 9.17) is 10.5 Å². The second-order valence-electron chi connectivity index (χ2n) is 5.59. The molecule has 4 atom stereocenters. The lowest BCUT2D eigenvalue weighted by Gasteiger charge is -2.31. The van der Waals surface area contributed by atoms with E-state index in [1.165, 1.54) is 0 Å². The van der Waals surface area contributed by atoms with Crippen LogP contribution in [0.25, 0.3) is 0 Å². The van der Waals surface area contributed by atoms with Crippen LogP contribution in [0.15, 0.2) is 23.1 Å². The highest BCUT2D eigenvalue weighted by Crippen LogP contribution is 2.35. The predicted octanol–water partition coefficient (Wildman–Crippen LogP) is 3.21. The van der Waals surface area contributed by atoms with E-state index in [0.717, 1.165) is 35.8 Å². The first kappa shape index (κ1) is 14.4. The van der Waals surface area contributed by atoms with Gasteiger partial charge in [-0.05, 0) is 49.3 Å². The van der Waals surface area contributed by atoms with Gasteiger partial charge in [0, 0.05) is 10.9 Å². The molecule has 2 N–H and O–H groups in total. The Balaban J connectivity index is 2.20. The molecule has 1 aliphatic rings. The van der Waals surface area contributed by atoms with Gasteiger partial charge in [0.05, 0.1) is 22.8 Å². The Morgan fingerprint density at radius 2 is 2.00 bits per heavy atom. The van der Waals surface area contributed by atoms with Gasteiger partial charge < -0.3 is 10.5 Å². The summed E-state index contributed by atoms with van der Waals surface area (Å²) in [6.45, 7) is 4.53. The summed E-state index contributed by atoms with van der Waals surface area (Å²) in [5.74, 6) is 2.08. The number of hydrogen-bond acceptors (Lipinski definition) is 3. The summed E-state index contributed by atoms with van der Waals surface area (Å²) >= 11 is 0. The van der Waals surface area contributed by atoms with Gasteiger partial charge in [0.15, 0.2) is 0 Å². The second-order valence-corrected chi connectivity index (χ2v) is 7.29. The zero-order valence-corrected chi connectivity index (χ0v) is 12.7. The quantitative estimate of drug-likeness (QED) is 0.866. The molecule has 0 aliphatic heterocycles. The van der Waals surface area contributed by atoms with Crippen LogP contribution in [-0.2, 0) is 10.8 Å². The van der Waals surface area contributed by atoms with Crippen molar-refractivity contribution in [3.63, 3.8) is 0 Å². The molecular weight excluding hydrogens is 258 g/mol. The molecule has 3 nitrogen and oxygen atoms in total. The van der Waals surface area contributed by atoms with Crippen molar-refractivity contribution in [1.82, 2.24) is 0 Å². The molecule has 0 saturated heterocycles. The molecule has 1 saturated carbocycles. The molecule has 106 valence electrons. The standard InChI is InChI=1S/C15H23NO2S/c1-10-4-6-13(8-11(10)2)19(17)15-9-12(18-3)5-7-14(15)16/h5,7,9-11,13H,4,6,8,16H2,1-3H3. The second kappa shape index (κ2) is 5.95. The van der Waals surface area contributed by atoms with Crippen LogP contribution in [0, 0.1) is 11.8 Å². The molecule has 1 aromatic carbocycles. The lowest BCUT2D eigenvalue weighted by atomic mass is 9.81. The summed E-state index contributed by atoms with van der Waals surface area (Å²) < 4.78 is 17.9. The van der Waals surface area contributed by atoms with Gasteiger partial charge in [-0.15, -0.1) is 0 Å². The van der Waals surface area contributed by atoms with Crippen LogP contribution in [0.2, 0.25) is 0 Å². The molecule has 4 unspecified atom stereocenters. The number of hydrogen-bond donors (Lipinski definition) is 1. The number of methoxy groups -OCH3 is 1. The Hall–Kier alpha value is -1.03. The first-order chi connectivity index (χ1) is 9.02. The molecule has 0 heterocycles. The Bertz CT molecular complexity index is 475. The van der Waals surface area contributed by atoms with Gasteiger partial charge >= 0.3 is 0 Å². The van der Waals surface area contributed by atoms with Crippen LogP contribution in [0.3, 0.4) is 0 Å². The molecule has 4 heteroatoms. The highest BCUT2D eigenvalue weighted by atomic mass is 32.2. The van der Waals surface area contributed by atoms with Crippen LogP contribution in [0.4, 0.5) is 5.69 Å². The summed E-state index contributed by atoms with van der Waals surface area (Å²) in [5.41, 5.74) is 6.57. The first-order valence-corrected chi connectivity index (χ1v) is 8.08. The molecule has 0 aromatic heterocycles. The van der Waals surface area contributed by atoms with E-state index >= 15 is 0 Å². The van der Waals surface area contributed by atoms with Crippen molar-refractivity contribution in [3.05, 3.63) is 18.2 Å². The van der Waals surface area contributed by atoms with Crippen molar-refractivity contribution in [1.29, 1.82) is 0 Å². The van der Waals surface area contributed by atoms with E-state index in [2.05, 4.69) is 13.8 Å². The van der Waals surface area contributed by atoms with E-state index in [1.54, 1.807) is 13.2 Å². The maximum atomic E-state index is 12.7. The fourth-order valence-corrected chi connectivity index (χ4v) is 4.41. The Morgan fingerprint density at radius 3 is 2.63 bits per heavy atom. The van der Waals surface area contributed by atoms with E-state index in [-0.39, 0.29) is 5.25 Å². The van der Waals surface area contributed by atoms with Crippen LogP contribution in [-0.4, -0.2) is 16.6 Å². The smallest absolute Gasteiger partial charge is 0.120 e. The molecule has 0 amide bonds. The normalized spacial score (nSPS) is 28.9. The molecule has 0 bridgehead atoms. The zero-order valence-electron chi connectivity index (χ0n) is 11.9.